The zero-order chi connectivity index (χ0) is 16.1. The quantitative estimate of drug-likeness (QED) is 0.450. The van der Waals surface area contributed by atoms with Gasteiger partial charge in [0.2, 0.25) is 5.91 Å². The number of aromatic nitrogens is 1. The Hall–Kier alpha value is -2.64. The molecule has 2 N–H and O–H groups in total. The van der Waals surface area contributed by atoms with Gasteiger partial charge in [-0.25, -0.2) is 4.79 Å². The van der Waals surface area contributed by atoms with Gasteiger partial charge in [0.05, 0.1) is 0 Å². The topological polar surface area (TPSA) is 117 Å². The average molecular weight is 307 g/mol. The van der Waals surface area contributed by atoms with E-state index < -0.39 is 30.4 Å². The lowest BCUT2D eigenvalue weighted by molar-refractivity contribution is -0.608. The molecule has 0 radical (unpaired) electrons. The molecule has 0 saturated carbocycles. The van der Waals surface area contributed by atoms with Crippen molar-refractivity contribution in [3.05, 3.63) is 35.3 Å². The Morgan fingerprint density at radius 2 is 2.14 bits per heavy atom. The van der Waals surface area contributed by atoms with E-state index in [-0.39, 0.29) is 5.69 Å². The van der Waals surface area contributed by atoms with Crippen molar-refractivity contribution in [2.24, 2.45) is 5.73 Å². The summed E-state index contributed by atoms with van der Waals surface area (Å²) in [6.07, 6.45) is 3.25. The molecular weight excluding hydrogens is 290 g/mol. The number of amides is 2. The van der Waals surface area contributed by atoms with Gasteiger partial charge in [-0.15, -0.1) is 0 Å². The second kappa shape index (κ2) is 6.88. The monoisotopic (exact) mass is 307 g/mol. The summed E-state index contributed by atoms with van der Waals surface area (Å²) in [6, 6.07) is 3.62. The number of carbonyl (C=O) groups excluding carboxylic acids is 3. The van der Waals surface area contributed by atoms with Crippen LogP contribution in [0.3, 0.4) is 0 Å². The first kappa shape index (κ1) is 15.7. The van der Waals surface area contributed by atoms with Crippen LogP contribution in [0.5, 0.6) is 0 Å². The molecule has 22 heavy (non-hydrogen) atoms. The second-order valence-corrected chi connectivity index (χ2v) is 4.99. The third-order valence-corrected chi connectivity index (χ3v) is 3.51. The molecule has 1 atom stereocenters. The zero-order valence-corrected chi connectivity index (χ0v) is 11.9. The number of nitrogens with zero attached hydrogens (tertiary/aromatic N) is 2. The van der Waals surface area contributed by atoms with Crippen molar-refractivity contribution < 1.29 is 23.9 Å². The van der Waals surface area contributed by atoms with Crippen LogP contribution in [0, 0.1) is 5.21 Å². The van der Waals surface area contributed by atoms with Gasteiger partial charge in [-0.3, -0.25) is 9.59 Å². The smallest absolute Gasteiger partial charge is 0.405 e. The van der Waals surface area contributed by atoms with Crippen molar-refractivity contribution in [3.63, 3.8) is 0 Å². The molecule has 1 aromatic heterocycles. The summed E-state index contributed by atoms with van der Waals surface area (Å²) in [7, 11) is 0. The van der Waals surface area contributed by atoms with Crippen LogP contribution in [0.2, 0.25) is 0 Å². The predicted octanol–water partition coefficient (Wildman–Crippen LogP) is -0.657. The number of pyridine rings is 1. The SMILES string of the molecule is NC(=O)[C@@H]1CCCCN1C(=O)COC(=O)c1cccc[n+]1[O-]. The Morgan fingerprint density at radius 1 is 1.36 bits per heavy atom. The normalized spacial score (nSPS) is 17.8. The Bertz CT molecular complexity index is 590. The van der Waals surface area contributed by atoms with Crippen molar-refractivity contribution in [2.75, 3.05) is 13.2 Å². The number of likely N-dealkylation sites (tertiary alicyclic amines) is 1. The fourth-order valence-electron chi connectivity index (χ4n) is 2.40. The molecule has 0 spiro atoms. The molecule has 0 aliphatic carbocycles. The van der Waals surface area contributed by atoms with E-state index in [1.54, 1.807) is 0 Å². The average Bonchev–Trinajstić information content (AvgIpc) is 2.52. The zero-order valence-electron chi connectivity index (χ0n) is 11.9. The van der Waals surface area contributed by atoms with E-state index in [9.17, 15) is 19.6 Å². The largest absolute Gasteiger partial charge is 0.618 e. The number of carbonyl (C=O) groups is 3. The number of hydrogen-bond acceptors (Lipinski definition) is 5. The summed E-state index contributed by atoms with van der Waals surface area (Å²) in [6.45, 7) is -0.131. The fourth-order valence-corrected chi connectivity index (χ4v) is 2.40. The van der Waals surface area contributed by atoms with Crippen molar-refractivity contribution >= 4 is 17.8 Å². The highest BCUT2D eigenvalue weighted by atomic mass is 16.5. The van der Waals surface area contributed by atoms with Crippen LogP contribution in [0.1, 0.15) is 29.8 Å². The van der Waals surface area contributed by atoms with Gasteiger partial charge in [-0.1, -0.05) is 0 Å². The summed E-state index contributed by atoms with van der Waals surface area (Å²) in [5.74, 6) is -1.96. The molecule has 8 heteroatoms. The Labute approximate surface area is 127 Å². The highest BCUT2D eigenvalue weighted by Gasteiger charge is 2.31. The summed E-state index contributed by atoms with van der Waals surface area (Å²) in [5, 5.41) is 11.4. The number of hydrogen-bond donors (Lipinski definition) is 1. The molecule has 1 aromatic rings. The molecule has 0 aromatic carbocycles. The summed E-state index contributed by atoms with van der Waals surface area (Å²) in [5.41, 5.74) is 5.07. The van der Waals surface area contributed by atoms with Crippen LogP contribution in [0.25, 0.3) is 0 Å². The maximum absolute atomic E-state index is 12.1. The molecule has 2 rings (SSSR count). The van der Waals surface area contributed by atoms with E-state index in [1.165, 1.54) is 23.1 Å². The highest BCUT2D eigenvalue weighted by molar-refractivity contribution is 5.90. The molecule has 1 saturated heterocycles. The van der Waals surface area contributed by atoms with Crippen LogP contribution < -0.4 is 10.5 Å². The van der Waals surface area contributed by atoms with Crippen LogP contribution >= 0.6 is 0 Å². The fraction of sp³-hybridized carbons (Fsp3) is 0.429. The van der Waals surface area contributed by atoms with Crippen LogP contribution in [-0.4, -0.2) is 41.9 Å². The van der Waals surface area contributed by atoms with Gasteiger partial charge in [0.25, 0.3) is 5.91 Å². The van der Waals surface area contributed by atoms with E-state index >= 15 is 0 Å². The van der Waals surface area contributed by atoms with Crippen LogP contribution in [0.4, 0.5) is 0 Å². The van der Waals surface area contributed by atoms with Crippen LogP contribution in [-0.2, 0) is 14.3 Å². The first-order valence-corrected chi connectivity index (χ1v) is 6.95. The van der Waals surface area contributed by atoms with E-state index in [2.05, 4.69) is 0 Å². The van der Waals surface area contributed by atoms with E-state index in [0.717, 1.165) is 19.0 Å². The molecule has 118 valence electrons. The maximum Gasteiger partial charge on any atom is 0.405 e. The minimum absolute atomic E-state index is 0.208. The first-order chi connectivity index (χ1) is 10.5. The molecule has 2 heterocycles. The lowest BCUT2D eigenvalue weighted by Gasteiger charge is -2.33. The summed E-state index contributed by atoms with van der Waals surface area (Å²) in [4.78, 5) is 36.5. The molecule has 1 fully saturated rings. The van der Waals surface area contributed by atoms with Gasteiger partial charge < -0.3 is 20.6 Å². The van der Waals surface area contributed by atoms with Crippen molar-refractivity contribution in [2.45, 2.75) is 25.3 Å². The number of primary amides is 1. The Balaban J connectivity index is 1.96. The predicted molar refractivity (Wildman–Crippen MR) is 74.2 cm³/mol. The van der Waals surface area contributed by atoms with Gasteiger partial charge in [-0.2, -0.15) is 4.73 Å². The Morgan fingerprint density at radius 3 is 2.82 bits per heavy atom. The third kappa shape index (κ3) is 3.51. The summed E-state index contributed by atoms with van der Waals surface area (Å²) < 4.78 is 5.21. The van der Waals surface area contributed by atoms with Crippen molar-refractivity contribution in [3.8, 4) is 0 Å². The lowest BCUT2D eigenvalue weighted by Crippen LogP contribution is -2.51. The molecule has 8 nitrogen and oxygen atoms in total. The number of nitrogens with two attached hydrogens (primary N) is 1. The van der Waals surface area contributed by atoms with Crippen molar-refractivity contribution in [1.82, 2.24) is 4.90 Å². The minimum atomic E-state index is -0.892. The van der Waals surface area contributed by atoms with E-state index in [0.29, 0.717) is 17.7 Å². The molecule has 1 aliphatic rings. The standard InChI is InChI=1S/C14H17N3O5/c15-13(19)10-5-1-3-7-16(10)12(18)9-22-14(20)11-6-2-4-8-17(11)21/h2,4,6,8,10H,1,3,5,7,9H2,(H2,15,19)/t10-/m0/s1. The van der Waals surface area contributed by atoms with E-state index in [1.807, 2.05) is 0 Å². The molecule has 0 unspecified atom stereocenters. The molecule has 0 bridgehead atoms. The molecular formula is C14H17N3O5. The third-order valence-electron chi connectivity index (χ3n) is 3.51. The minimum Gasteiger partial charge on any atom is -0.618 e. The van der Waals surface area contributed by atoms with Crippen molar-refractivity contribution in [1.29, 1.82) is 0 Å². The van der Waals surface area contributed by atoms with Gasteiger partial charge in [-0.05, 0) is 25.3 Å². The molecule has 1 aliphatic heterocycles. The van der Waals surface area contributed by atoms with E-state index in [4.69, 9.17) is 10.5 Å². The summed E-state index contributed by atoms with van der Waals surface area (Å²) >= 11 is 0. The van der Waals surface area contributed by atoms with Gasteiger partial charge in [0.1, 0.15) is 6.04 Å². The number of rotatable bonds is 4. The number of piperidine rings is 1. The number of ether oxygens (including phenoxy) is 1. The van der Waals surface area contributed by atoms with Gasteiger partial charge in [0.15, 0.2) is 12.8 Å². The number of esters is 1. The van der Waals surface area contributed by atoms with Gasteiger partial charge >= 0.3 is 11.7 Å². The maximum atomic E-state index is 12.1. The van der Waals surface area contributed by atoms with Gasteiger partial charge in [0, 0.05) is 18.7 Å². The second-order valence-electron chi connectivity index (χ2n) is 4.99. The highest BCUT2D eigenvalue weighted by Crippen LogP contribution is 2.17. The lowest BCUT2D eigenvalue weighted by atomic mass is 10.0. The first-order valence-electron chi connectivity index (χ1n) is 6.95. The van der Waals surface area contributed by atoms with Crippen LogP contribution in [0.15, 0.2) is 24.4 Å². The molecule has 2 amide bonds. The Kier molecular flexibility index (Phi) is 4.92.